The smallest absolute Gasteiger partial charge is 0.101 e. The second-order valence-electron chi connectivity index (χ2n) is 6.67. The monoisotopic (exact) mass is 536 g/mol. The van der Waals surface area contributed by atoms with E-state index in [1.165, 1.54) is 9.80 Å². The van der Waals surface area contributed by atoms with Gasteiger partial charge in [-0.25, -0.2) is 0 Å². The molecule has 0 radical (unpaired) electrons. The van der Waals surface area contributed by atoms with Gasteiger partial charge in [0, 0.05) is 0 Å². The average molecular weight is 538 g/mol. The van der Waals surface area contributed by atoms with Crippen LogP contribution in [0.1, 0.15) is 0 Å². The van der Waals surface area contributed by atoms with E-state index in [4.69, 9.17) is 28.4 Å². The molecular weight excluding hydrogens is 500 g/mol. The number of rotatable bonds is 0. The van der Waals surface area contributed by atoms with Crippen LogP contribution in [0, 0.1) is 0 Å². The average Bonchev–Trinajstić information content (AvgIpc) is 2.65. The van der Waals surface area contributed by atoms with Gasteiger partial charge < -0.3 is 72.2 Å². The molecule has 3 heterocycles. The first kappa shape index (κ1) is 28.6. The minimum absolute atomic E-state index is 0. The lowest BCUT2D eigenvalue weighted by molar-refractivity contribution is -0.902. The summed E-state index contributed by atoms with van der Waals surface area (Å²) >= 11 is 0. The van der Waals surface area contributed by atoms with E-state index in [2.05, 4.69) is 0 Å². The number of nitrogens with one attached hydrogen (secondary N) is 2. The Kier molecular flexibility index (Phi) is 21.4. The fraction of sp³-hybridized carbons (Fsp3) is 1.00. The van der Waals surface area contributed by atoms with Crippen molar-refractivity contribution in [3.05, 3.63) is 0 Å². The van der Waals surface area contributed by atoms with E-state index >= 15 is 0 Å². The summed E-state index contributed by atoms with van der Waals surface area (Å²) in [5.41, 5.74) is 0. The number of hydrogen-bond acceptors (Lipinski definition) is 6. The van der Waals surface area contributed by atoms with Crippen LogP contribution in [0.2, 0.25) is 0 Å². The maximum Gasteiger partial charge on any atom is 0.101 e. The van der Waals surface area contributed by atoms with E-state index in [9.17, 15) is 0 Å². The van der Waals surface area contributed by atoms with Crippen LogP contribution >= 0.6 is 0 Å². The van der Waals surface area contributed by atoms with Gasteiger partial charge in [0.05, 0.1) is 79.3 Å². The van der Waals surface area contributed by atoms with Crippen LogP contribution in [-0.2, 0) is 28.4 Å². The molecule has 0 saturated carbocycles. The van der Waals surface area contributed by atoms with Gasteiger partial charge in [0.25, 0.3) is 0 Å². The van der Waals surface area contributed by atoms with Crippen molar-refractivity contribution >= 4 is 0 Å². The largest absolute Gasteiger partial charge is 1.00 e. The summed E-state index contributed by atoms with van der Waals surface area (Å²) in [6, 6.07) is 0. The minimum Gasteiger partial charge on any atom is -1.00 e. The van der Waals surface area contributed by atoms with Crippen LogP contribution in [0.5, 0.6) is 0 Å². The molecule has 28 heavy (non-hydrogen) atoms. The fourth-order valence-electron chi connectivity index (χ4n) is 3.01. The normalized spacial score (nSPS) is 28.3. The van der Waals surface area contributed by atoms with E-state index in [-0.39, 0.29) is 34.0 Å². The molecule has 2 N–H and O–H groups in total. The van der Waals surface area contributed by atoms with Crippen molar-refractivity contribution in [1.82, 2.24) is 0 Å². The predicted octanol–water partition coefficient (Wildman–Crippen LogP) is -9.11. The molecule has 0 atom stereocenters. The summed E-state index contributed by atoms with van der Waals surface area (Å²) in [5.74, 6) is 0. The van der Waals surface area contributed by atoms with Crippen LogP contribution in [0.4, 0.5) is 0 Å². The summed E-state index contributed by atoms with van der Waals surface area (Å²) < 4.78 is 34.4. The maximum absolute atomic E-state index is 5.73. The molecule has 8 nitrogen and oxygen atoms in total. The lowest BCUT2D eigenvalue weighted by atomic mass is 10.4. The summed E-state index contributed by atoms with van der Waals surface area (Å²) in [6.45, 7) is 14.1. The molecule has 0 unspecified atom stereocenters. The first-order valence-electron chi connectivity index (χ1n) is 10.1. The number of ether oxygens (including phenoxy) is 6. The van der Waals surface area contributed by atoms with E-state index in [1.807, 2.05) is 0 Å². The van der Waals surface area contributed by atoms with Gasteiger partial charge in [0.2, 0.25) is 0 Å². The van der Waals surface area contributed by atoms with Crippen LogP contribution in [0.3, 0.4) is 0 Å². The van der Waals surface area contributed by atoms with Crippen LogP contribution in [0.15, 0.2) is 0 Å². The van der Waals surface area contributed by atoms with Crippen molar-refractivity contribution in [2.24, 2.45) is 0 Å². The van der Waals surface area contributed by atoms with Gasteiger partial charge in [-0.2, -0.15) is 0 Å². The molecule has 0 spiro atoms. The number of fused-ring (bicyclic) bond motifs is 21. The SMILES string of the molecule is C1COCC[NH+]2CCOCCOCC[NH+](CCO1)CCOCCOCC2.[Br-].[Br-]. The molecule has 3 saturated heterocycles. The zero-order valence-corrected chi connectivity index (χ0v) is 20.1. The van der Waals surface area contributed by atoms with E-state index in [0.717, 1.165) is 78.9 Å². The number of hydrogen-bond donors (Lipinski definition) is 2. The first-order valence-corrected chi connectivity index (χ1v) is 10.1. The second-order valence-corrected chi connectivity index (χ2v) is 6.67. The van der Waals surface area contributed by atoms with Gasteiger partial charge in [0.1, 0.15) is 39.3 Å². The Morgan fingerprint density at radius 2 is 0.464 bits per heavy atom. The lowest BCUT2D eigenvalue weighted by Crippen LogP contribution is -3.13. The van der Waals surface area contributed by atoms with Gasteiger partial charge in [-0.3, -0.25) is 0 Å². The molecule has 0 aliphatic carbocycles. The molecule has 0 amide bonds. The highest BCUT2D eigenvalue weighted by molar-refractivity contribution is 4.41. The fourth-order valence-corrected chi connectivity index (χ4v) is 3.01. The summed E-state index contributed by atoms with van der Waals surface area (Å²) in [6.07, 6.45) is 0. The number of quaternary nitrogens is 2. The van der Waals surface area contributed by atoms with Gasteiger partial charge in [-0.15, -0.1) is 0 Å². The van der Waals surface area contributed by atoms with Crippen LogP contribution in [0.25, 0.3) is 0 Å². The molecule has 0 aromatic rings. The maximum atomic E-state index is 5.73. The Bertz CT molecular complexity index is 257. The predicted molar refractivity (Wildman–Crippen MR) is 96.0 cm³/mol. The molecule has 170 valence electrons. The Hall–Kier alpha value is 0.640. The highest BCUT2D eigenvalue weighted by Crippen LogP contribution is 1.82. The molecule has 0 aromatic heterocycles. The third-order valence-electron chi connectivity index (χ3n) is 4.72. The molecule has 3 aliphatic heterocycles. The van der Waals surface area contributed by atoms with Crippen molar-refractivity contribution in [1.29, 1.82) is 0 Å². The zero-order chi connectivity index (χ0) is 18.1. The topological polar surface area (TPSA) is 64.3 Å². The molecule has 2 bridgehead atoms. The molecule has 10 heteroatoms. The van der Waals surface area contributed by atoms with Crippen LogP contribution < -0.4 is 43.8 Å². The van der Waals surface area contributed by atoms with E-state index < -0.39 is 0 Å². The van der Waals surface area contributed by atoms with Crippen molar-refractivity contribution in [2.45, 2.75) is 0 Å². The quantitative estimate of drug-likeness (QED) is 0.320. The van der Waals surface area contributed by atoms with E-state index in [0.29, 0.717) is 39.6 Å². The first-order chi connectivity index (χ1) is 12.9. The standard InChI is InChI=1S/C18H36N2O6.2BrH/c1-7-21-13-14-24-10-4-20-5-11-25-17-15-22-8-2-19(1)3-9-23-16-18-26-12-6-20;;/h1-18H2;2*1H. The summed E-state index contributed by atoms with van der Waals surface area (Å²) in [4.78, 5) is 2.88. The third kappa shape index (κ3) is 15.5. The third-order valence-corrected chi connectivity index (χ3v) is 4.72. The van der Waals surface area contributed by atoms with Gasteiger partial charge >= 0.3 is 0 Å². The Morgan fingerprint density at radius 1 is 0.286 bits per heavy atom. The molecule has 3 rings (SSSR count). The van der Waals surface area contributed by atoms with Crippen molar-refractivity contribution in [2.75, 3.05) is 119 Å². The van der Waals surface area contributed by atoms with Crippen molar-refractivity contribution < 1.29 is 72.2 Å². The number of halogens is 2. The highest BCUT2D eigenvalue weighted by atomic mass is 79.9. The summed E-state index contributed by atoms with van der Waals surface area (Å²) in [7, 11) is 0. The van der Waals surface area contributed by atoms with Crippen molar-refractivity contribution in [3.8, 4) is 0 Å². The lowest BCUT2D eigenvalue weighted by Gasteiger charge is -2.22. The molecular formula is C18H38Br2N2O6. The van der Waals surface area contributed by atoms with Gasteiger partial charge in [-0.1, -0.05) is 0 Å². The van der Waals surface area contributed by atoms with Gasteiger partial charge in [-0.05, 0) is 0 Å². The molecule has 3 aliphatic rings. The Labute approximate surface area is 190 Å². The minimum atomic E-state index is 0. The Balaban J connectivity index is 0.00000364. The molecule has 0 aromatic carbocycles. The Morgan fingerprint density at radius 3 is 0.643 bits per heavy atom. The highest BCUT2D eigenvalue weighted by Gasteiger charge is 2.11. The van der Waals surface area contributed by atoms with Gasteiger partial charge in [0.15, 0.2) is 0 Å². The molecule has 3 fully saturated rings. The van der Waals surface area contributed by atoms with Crippen molar-refractivity contribution in [3.63, 3.8) is 0 Å². The summed E-state index contributed by atoms with van der Waals surface area (Å²) in [5, 5.41) is 0. The van der Waals surface area contributed by atoms with E-state index in [1.54, 1.807) is 0 Å². The second kappa shape index (κ2) is 20.9. The van der Waals surface area contributed by atoms with Crippen LogP contribution in [-0.4, -0.2) is 119 Å². The zero-order valence-electron chi connectivity index (χ0n) is 16.9.